The first-order valence-electron chi connectivity index (χ1n) is 4.88. The highest BCUT2D eigenvalue weighted by molar-refractivity contribution is 5.79. The number of rotatable bonds is 3. The minimum atomic E-state index is -2.97. The number of nitrogens with two attached hydrogens (primary N) is 1. The predicted molar refractivity (Wildman–Crippen MR) is 49.1 cm³/mol. The zero-order valence-electron chi connectivity index (χ0n) is 8.21. The van der Waals surface area contributed by atoms with E-state index in [1.807, 2.05) is 0 Å². The van der Waals surface area contributed by atoms with E-state index in [4.69, 9.17) is 5.73 Å². The fourth-order valence-corrected chi connectivity index (χ4v) is 1.79. The molecular formula is C9H14F2N2O2. The van der Waals surface area contributed by atoms with Crippen LogP contribution in [0.4, 0.5) is 8.78 Å². The molecule has 1 rings (SSSR count). The number of hydrogen-bond donors (Lipinski definition) is 2. The smallest absolute Gasteiger partial charge is 0.315 e. The van der Waals surface area contributed by atoms with E-state index in [0.29, 0.717) is 25.7 Å². The van der Waals surface area contributed by atoms with Crippen LogP contribution < -0.4 is 11.1 Å². The van der Waals surface area contributed by atoms with E-state index in [1.165, 1.54) is 0 Å². The van der Waals surface area contributed by atoms with Gasteiger partial charge >= 0.3 is 6.43 Å². The Labute approximate surface area is 86.2 Å². The second-order valence-electron chi connectivity index (χ2n) is 3.76. The van der Waals surface area contributed by atoms with E-state index >= 15 is 0 Å². The number of hydrogen-bond acceptors (Lipinski definition) is 2. The Hall–Kier alpha value is -1.20. The first-order valence-corrected chi connectivity index (χ1v) is 4.88. The standard InChI is InChI=1S/C9H14F2N2O2/c10-7(11)9(15)13-6-3-1-5(2-4-6)8(12)14/h5-7H,1-4H2,(H2,12,14)(H,13,15). The maximum absolute atomic E-state index is 11.9. The fourth-order valence-electron chi connectivity index (χ4n) is 1.79. The Balaban J connectivity index is 2.32. The van der Waals surface area contributed by atoms with E-state index in [-0.39, 0.29) is 17.9 Å². The highest BCUT2D eigenvalue weighted by Gasteiger charge is 2.27. The fraction of sp³-hybridized carbons (Fsp3) is 0.778. The summed E-state index contributed by atoms with van der Waals surface area (Å²) in [6.07, 6.45) is -0.788. The third-order valence-corrected chi connectivity index (χ3v) is 2.67. The lowest BCUT2D eigenvalue weighted by Gasteiger charge is -2.27. The minimum absolute atomic E-state index is 0.176. The van der Waals surface area contributed by atoms with Gasteiger partial charge in [-0.15, -0.1) is 0 Å². The Kier molecular flexibility index (Phi) is 3.99. The first-order chi connectivity index (χ1) is 7.00. The number of primary amides is 1. The van der Waals surface area contributed by atoms with Gasteiger partial charge in [-0.05, 0) is 25.7 Å². The van der Waals surface area contributed by atoms with Crippen molar-refractivity contribution in [2.45, 2.75) is 38.2 Å². The highest BCUT2D eigenvalue weighted by atomic mass is 19.3. The molecule has 0 aliphatic heterocycles. The van der Waals surface area contributed by atoms with Crippen LogP contribution in [0.15, 0.2) is 0 Å². The molecule has 0 radical (unpaired) electrons. The first kappa shape index (κ1) is 11.9. The van der Waals surface area contributed by atoms with E-state index in [2.05, 4.69) is 5.32 Å². The maximum Gasteiger partial charge on any atom is 0.315 e. The van der Waals surface area contributed by atoms with Gasteiger partial charge in [-0.2, -0.15) is 8.78 Å². The summed E-state index contributed by atoms with van der Waals surface area (Å²) < 4.78 is 23.8. The van der Waals surface area contributed by atoms with E-state index in [0.717, 1.165) is 0 Å². The van der Waals surface area contributed by atoms with Gasteiger partial charge in [0.15, 0.2) is 0 Å². The molecule has 0 spiro atoms. The third kappa shape index (κ3) is 3.45. The van der Waals surface area contributed by atoms with Gasteiger partial charge in [0.05, 0.1) is 0 Å². The second kappa shape index (κ2) is 5.04. The molecule has 0 aromatic heterocycles. The van der Waals surface area contributed by atoms with Crippen molar-refractivity contribution < 1.29 is 18.4 Å². The summed E-state index contributed by atoms with van der Waals surface area (Å²) in [5.74, 6) is -1.77. The average molecular weight is 220 g/mol. The van der Waals surface area contributed by atoms with Crippen molar-refractivity contribution in [2.75, 3.05) is 0 Å². The lowest BCUT2D eigenvalue weighted by Crippen LogP contribution is -2.42. The highest BCUT2D eigenvalue weighted by Crippen LogP contribution is 2.23. The zero-order chi connectivity index (χ0) is 11.4. The molecule has 1 aliphatic carbocycles. The molecule has 0 heterocycles. The van der Waals surface area contributed by atoms with Gasteiger partial charge in [-0.1, -0.05) is 0 Å². The van der Waals surface area contributed by atoms with Crippen LogP contribution in [0.3, 0.4) is 0 Å². The topological polar surface area (TPSA) is 72.2 Å². The van der Waals surface area contributed by atoms with Crippen LogP contribution in [0, 0.1) is 5.92 Å². The van der Waals surface area contributed by atoms with Crippen LogP contribution in [-0.2, 0) is 9.59 Å². The summed E-state index contributed by atoms with van der Waals surface area (Å²) in [4.78, 5) is 21.5. The maximum atomic E-state index is 11.9. The number of amides is 2. The summed E-state index contributed by atoms with van der Waals surface area (Å²) in [7, 11) is 0. The number of carbonyl (C=O) groups is 2. The molecule has 0 bridgehead atoms. The van der Waals surface area contributed by atoms with E-state index in [9.17, 15) is 18.4 Å². The summed E-state index contributed by atoms with van der Waals surface area (Å²) in [6.45, 7) is 0. The summed E-state index contributed by atoms with van der Waals surface area (Å²) in [6, 6.07) is -0.248. The van der Waals surface area contributed by atoms with Crippen LogP contribution >= 0.6 is 0 Å². The van der Waals surface area contributed by atoms with Gasteiger partial charge in [0.2, 0.25) is 5.91 Å². The quantitative estimate of drug-likeness (QED) is 0.723. The molecule has 1 aliphatic rings. The molecule has 4 nitrogen and oxygen atoms in total. The lowest BCUT2D eigenvalue weighted by atomic mass is 9.85. The summed E-state index contributed by atoms with van der Waals surface area (Å²) in [5, 5.41) is 2.24. The van der Waals surface area contributed by atoms with E-state index < -0.39 is 12.3 Å². The lowest BCUT2D eigenvalue weighted by molar-refractivity contribution is -0.132. The Bertz CT molecular complexity index is 250. The van der Waals surface area contributed by atoms with Gasteiger partial charge in [0.1, 0.15) is 0 Å². The van der Waals surface area contributed by atoms with Crippen LogP contribution in [0.5, 0.6) is 0 Å². The monoisotopic (exact) mass is 220 g/mol. The molecule has 0 unspecified atom stereocenters. The van der Waals surface area contributed by atoms with Gasteiger partial charge in [-0.3, -0.25) is 9.59 Å². The minimum Gasteiger partial charge on any atom is -0.369 e. The molecule has 2 amide bonds. The Morgan fingerprint density at radius 2 is 1.73 bits per heavy atom. The largest absolute Gasteiger partial charge is 0.369 e. The molecule has 86 valence electrons. The molecule has 3 N–H and O–H groups in total. The molecule has 1 fully saturated rings. The number of alkyl halides is 2. The van der Waals surface area contributed by atoms with Crippen molar-refractivity contribution in [3.8, 4) is 0 Å². The van der Waals surface area contributed by atoms with Crippen LogP contribution in [-0.4, -0.2) is 24.3 Å². The van der Waals surface area contributed by atoms with E-state index in [1.54, 1.807) is 0 Å². The van der Waals surface area contributed by atoms with Gasteiger partial charge in [-0.25, -0.2) is 0 Å². The molecule has 0 atom stereocenters. The molecule has 6 heteroatoms. The molecule has 0 aromatic rings. The Morgan fingerprint density at radius 3 is 2.13 bits per heavy atom. The summed E-state index contributed by atoms with van der Waals surface area (Å²) >= 11 is 0. The number of nitrogens with one attached hydrogen (secondary N) is 1. The van der Waals surface area contributed by atoms with Crippen molar-refractivity contribution in [1.29, 1.82) is 0 Å². The number of halogens is 2. The van der Waals surface area contributed by atoms with Crippen molar-refractivity contribution in [1.82, 2.24) is 5.32 Å². The molecular weight excluding hydrogens is 206 g/mol. The van der Waals surface area contributed by atoms with Crippen molar-refractivity contribution >= 4 is 11.8 Å². The number of carbonyl (C=O) groups excluding carboxylic acids is 2. The van der Waals surface area contributed by atoms with Gasteiger partial charge < -0.3 is 11.1 Å². The van der Waals surface area contributed by atoms with Gasteiger partial charge in [0, 0.05) is 12.0 Å². The van der Waals surface area contributed by atoms with Crippen molar-refractivity contribution in [3.05, 3.63) is 0 Å². The van der Waals surface area contributed by atoms with Crippen molar-refractivity contribution in [2.24, 2.45) is 11.7 Å². The van der Waals surface area contributed by atoms with Crippen LogP contribution in [0.2, 0.25) is 0 Å². The predicted octanol–water partition coefficient (Wildman–Crippen LogP) is 0.412. The molecule has 0 aromatic carbocycles. The van der Waals surface area contributed by atoms with Crippen LogP contribution in [0.25, 0.3) is 0 Å². The third-order valence-electron chi connectivity index (χ3n) is 2.67. The summed E-state index contributed by atoms with van der Waals surface area (Å²) in [5.41, 5.74) is 5.12. The zero-order valence-corrected chi connectivity index (χ0v) is 8.21. The molecule has 0 saturated heterocycles. The second-order valence-corrected chi connectivity index (χ2v) is 3.76. The average Bonchev–Trinajstić information content (AvgIpc) is 2.18. The SMILES string of the molecule is NC(=O)C1CCC(NC(=O)C(F)F)CC1. The van der Waals surface area contributed by atoms with Crippen LogP contribution in [0.1, 0.15) is 25.7 Å². The van der Waals surface area contributed by atoms with Crippen molar-refractivity contribution in [3.63, 3.8) is 0 Å². The normalized spacial score (nSPS) is 26.3. The van der Waals surface area contributed by atoms with Gasteiger partial charge in [0.25, 0.3) is 5.91 Å². The molecule has 15 heavy (non-hydrogen) atoms. The Morgan fingerprint density at radius 1 is 1.20 bits per heavy atom. The molecule has 1 saturated carbocycles.